The number of rotatable bonds is 6. The maximum atomic E-state index is 12.5. The number of nitrogens with zero attached hydrogens (tertiary/aromatic N) is 2. The largest absolute Gasteiger partial charge is 0.434 e. The van der Waals surface area contributed by atoms with Crippen molar-refractivity contribution in [2.24, 2.45) is 0 Å². The molecule has 1 fully saturated rings. The maximum absolute atomic E-state index is 12.5. The van der Waals surface area contributed by atoms with E-state index in [1.165, 1.54) is 18.2 Å². The number of para-hydroxylation sites is 1. The van der Waals surface area contributed by atoms with Crippen LogP contribution in [-0.4, -0.2) is 43.8 Å². The topological polar surface area (TPSA) is 63.7 Å². The number of halogens is 2. The summed E-state index contributed by atoms with van der Waals surface area (Å²) in [4.78, 5) is 18.9. The van der Waals surface area contributed by atoms with Gasteiger partial charge in [-0.25, -0.2) is 4.98 Å². The van der Waals surface area contributed by atoms with Crippen molar-refractivity contribution in [2.45, 2.75) is 13.2 Å². The number of hydrogen-bond donors (Lipinski definition) is 1. The Labute approximate surface area is 149 Å². The lowest BCUT2D eigenvalue weighted by Gasteiger charge is -2.29. The van der Waals surface area contributed by atoms with Crippen molar-refractivity contribution in [1.29, 1.82) is 0 Å². The molecule has 8 heteroatoms. The number of hydrogen-bond acceptors (Lipinski definition) is 5. The third-order valence-corrected chi connectivity index (χ3v) is 3.97. The molecule has 6 nitrogen and oxygen atoms in total. The van der Waals surface area contributed by atoms with Gasteiger partial charge in [0.05, 0.1) is 18.8 Å². The summed E-state index contributed by atoms with van der Waals surface area (Å²) in [6.07, 6.45) is 1.70. The van der Waals surface area contributed by atoms with Crippen molar-refractivity contribution in [3.63, 3.8) is 0 Å². The smallest absolute Gasteiger partial charge is 0.387 e. The van der Waals surface area contributed by atoms with Crippen LogP contribution in [0.15, 0.2) is 42.6 Å². The second-order valence-corrected chi connectivity index (χ2v) is 5.64. The molecular formula is C18H19F2N3O3. The van der Waals surface area contributed by atoms with E-state index in [1.54, 1.807) is 18.3 Å². The molecule has 0 saturated carbocycles. The van der Waals surface area contributed by atoms with Gasteiger partial charge in [-0.15, -0.1) is 0 Å². The molecule has 0 bridgehead atoms. The fourth-order valence-electron chi connectivity index (χ4n) is 2.75. The van der Waals surface area contributed by atoms with E-state index in [-0.39, 0.29) is 17.9 Å². The predicted octanol–water partition coefficient (Wildman–Crippen LogP) is 2.45. The molecule has 0 atom stereocenters. The number of nitrogens with one attached hydrogen (secondary N) is 1. The molecular weight excluding hydrogens is 344 g/mol. The highest BCUT2D eigenvalue weighted by Gasteiger charge is 2.18. The Bertz CT molecular complexity index is 752. The highest BCUT2D eigenvalue weighted by Crippen LogP contribution is 2.21. The number of amides is 1. The van der Waals surface area contributed by atoms with Crippen LogP contribution >= 0.6 is 0 Å². The van der Waals surface area contributed by atoms with Crippen LogP contribution in [0.3, 0.4) is 0 Å². The zero-order valence-corrected chi connectivity index (χ0v) is 14.0. The molecule has 0 spiro atoms. The van der Waals surface area contributed by atoms with Crippen LogP contribution in [0.25, 0.3) is 0 Å². The molecule has 1 aromatic carbocycles. The molecule has 1 N–H and O–H groups in total. The van der Waals surface area contributed by atoms with Gasteiger partial charge in [-0.1, -0.05) is 18.2 Å². The van der Waals surface area contributed by atoms with Gasteiger partial charge >= 0.3 is 6.61 Å². The number of benzene rings is 1. The van der Waals surface area contributed by atoms with Crippen LogP contribution in [0.2, 0.25) is 0 Å². The van der Waals surface area contributed by atoms with Crippen molar-refractivity contribution in [1.82, 2.24) is 10.3 Å². The molecule has 26 heavy (non-hydrogen) atoms. The van der Waals surface area contributed by atoms with E-state index in [2.05, 4.69) is 19.9 Å². The van der Waals surface area contributed by atoms with Crippen LogP contribution in [0.4, 0.5) is 14.6 Å². The number of alkyl halides is 2. The Kier molecular flexibility index (Phi) is 5.96. The monoisotopic (exact) mass is 363 g/mol. The molecule has 0 radical (unpaired) electrons. The van der Waals surface area contributed by atoms with E-state index >= 15 is 0 Å². The highest BCUT2D eigenvalue weighted by atomic mass is 19.3. The minimum atomic E-state index is -2.99. The summed E-state index contributed by atoms with van der Waals surface area (Å²) in [5.41, 5.74) is 0.902. The van der Waals surface area contributed by atoms with Gasteiger partial charge in [-0.2, -0.15) is 8.78 Å². The molecule has 2 heterocycles. The zero-order valence-electron chi connectivity index (χ0n) is 14.0. The number of ether oxygens (including phenoxy) is 2. The Balaban J connectivity index is 1.71. The first-order valence-electron chi connectivity index (χ1n) is 8.24. The van der Waals surface area contributed by atoms with Crippen molar-refractivity contribution in [3.05, 3.63) is 53.7 Å². The van der Waals surface area contributed by atoms with Crippen molar-refractivity contribution >= 4 is 11.7 Å². The molecule has 1 aromatic heterocycles. The summed E-state index contributed by atoms with van der Waals surface area (Å²) in [6, 6.07) is 9.57. The van der Waals surface area contributed by atoms with Crippen LogP contribution in [0.5, 0.6) is 5.75 Å². The Morgan fingerprint density at radius 2 is 2.00 bits per heavy atom. The normalized spacial score (nSPS) is 14.3. The lowest BCUT2D eigenvalue weighted by molar-refractivity contribution is -0.0501. The first-order valence-corrected chi connectivity index (χ1v) is 8.24. The number of carbonyl (C=O) groups excluding carboxylic acids is 1. The highest BCUT2D eigenvalue weighted by molar-refractivity contribution is 5.96. The van der Waals surface area contributed by atoms with Gasteiger partial charge in [0.1, 0.15) is 11.6 Å². The number of pyridine rings is 1. The predicted molar refractivity (Wildman–Crippen MR) is 91.5 cm³/mol. The minimum absolute atomic E-state index is 0.0598. The van der Waals surface area contributed by atoms with Crippen LogP contribution in [0, 0.1) is 0 Å². The van der Waals surface area contributed by atoms with E-state index in [0.29, 0.717) is 13.2 Å². The summed E-state index contributed by atoms with van der Waals surface area (Å²) in [5.74, 6) is 0.144. The second kappa shape index (κ2) is 8.57. The molecule has 0 unspecified atom stereocenters. The van der Waals surface area contributed by atoms with E-state index in [4.69, 9.17) is 4.74 Å². The lowest BCUT2D eigenvalue weighted by Crippen LogP contribution is -2.37. The quantitative estimate of drug-likeness (QED) is 0.854. The Hall–Kier alpha value is -2.74. The molecule has 1 aliphatic rings. The van der Waals surface area contributed by atoms with Gasteiger partial charge in [-0.05, 0) is 18.2 Å². The fourth-order valence-corrected chi connectivity index (χ4v) is 2.75. The number of aromatic nitrogens is 1. The molecule has 1 amide bonds. The number of anilines is 1. The standard InChI is InChI=1S/C18H19F2N3O3/c19-18(20)26-15-6-2-1-5-14(15)17(24)22-12-13-4-3-7-21-16(13)23-8-10-25-11-9-23/h1-7,18H,8-12H2,(H,22,24). The molecule has 0 aliphatic carbocycles. The first kappa shape index (κ1) is 18.1. The van der Waals surface area contributed by atoms with Gasteiger partial charge < -0.3 is 19.7 Å². The molecule has 3 rings (SSSR count). The van der Waals surface area contributed by atoms with Gasteiger partial charge in [0.25, 0.3) is 5.91 Å². The maximum Gasteiger partial charge on any atom is 0.387 e. The third kappa shape index (κ3) is 4.45. The van der Waals surface area contributed by atoms with Crippen molar-refractivity contribution in [3.8, 4) is 5.75 Å². The van der Waals surface area contributed by atoms with Gasteiger partial charge in [0.2, 0.25) is 0 Å². The second-order valence-electron chi connectivity index (χ2n) is 5.64. The molecule has 1 saturated heterocycles. The van der Waals surface area contributed by atoms with Crippen molar-refractivity contribution in [2.75, 3.05) is 31.2 Å². The average molecular weight is 363 g/mol. The summed E-state index contributed by atoms with van der Waals surface area (Å²) >= 11 is 0. The molecule has 1 aliphatic heterocycles. The van der Waals surface area contributed by atoms with E-state index in [1.807, 2.05) is 6.07 Å². The molecule has 138 valence electrons. The number of morpholine rings is 1. The average Bonchev–Trinajstić information content (AvgIpc) is 2.67. The fraction of sp³-hybridized carbons (Fsp3) is 0.333. The summed E-state index contributed by atoms with van der Waals surface area (Å²) in [6.45, 7) is -0.0641. The SMILES string of the molecule is O=C(NCc1cccnc1N1CCOCC1)c1ccccc1OC(F)F. The van der Waals surface area contributed by atoms with Crippen LogP contribution in [-0.2, 0) is 11.3 Å². The first-order chi connectivity index (χ1) is 12.6. The van der Waals surface area contributed by atoms with E-state index in [9.17, 15) is 13.6 Å². The number of carbonyl (C=O) groups is 1. The lowest BCUT2D eigenvalue weighted by atomic mass is 10.1. The Morgan fingerprint density at radius 3 is 2.77 bits per heavy atom. The summed E-state index contributed by atoms with van der Waals surface area (Å²) in [5, 5.41) is 2.75. The van der Waals surface area contributed by atoms with Gasteiger partial charge in [0, 0.05) is 31.4 Å². The van der Waals surface area contributed by atoms with Crippen LogP contribution < -0.4 is 15.0 Å². The Morgan fingerprint density at radius 1 is 1.23 bits per heavy atom. The van der Waals surface area contributed by atoms with Crippen LogP contribution in [0.1, 0.15) is 15.9 Å². The van der Waals surface area contributed by atoms with E-state index in [0.717, 1.165) is 24.5 Å². The van der Waals surface area contributed by atoms with E-state index < -0.39 is 12.5 Å². The van der Waals surface area contributed by atoms with Gasteiger partial charge in [0.15, 0.2) is 0 Å². The third-order valence-electron chi connectivity index (χ3n) is 3.97. The minimum Gasteiger partial charge on any atom is -0.434 e. The van der Waals surface area contributed by atoms with Crippen molar-refractivity contribution < 1.29 is 23.0 Å². The summed E-state index contributed by atoms with van der Waals surface area (Å²) < 4.78 is 34.7. The van der Waals surface area contributed by atoms with Gasteiger partial charge in [-0.3, -0.25) is 4.79 Å². The zero-order chi connectivity index (χ0) is 18.4. The molecule has 2 aromatic rings. The summed E-state index contributed by atoms with van der Waals surface area (Å²) in [7, 11) is 0.